The minimum Gasteiger partial charge on any atom is -0.496 e. The molecule has 0 bridgehead atoms. The number of hydrogen-bond donors (Lipinski definition) is 0. The number of carbonyl (C=O) groups excluding carboxylic acids is 1. The van der Waals surface area contributed by atoms with Crippen molar-refractivity contribution in [2.75, 3.05) is 7.11 Å². The minimum absolute atomic E-state index is 0.0504. The van der Waals surface area contributed by atoms with Crippen LogP contribution in [0.1, 0.15) is 5.56 Å². The summed E-state index contributed by atoms with van der Waals surface area (Å²) in [6.07, 6.45) is 1.56. The van der Waals surface area contributed by atoms with Gasteiger partial charge in [-0.2, -0.15) is 0 Å². The van der Waals surface area contributed by atoms with Crippen LogP contribution in [0.25, 0.3) is 0 Å². The van der Waals surface area contributed by atoms with E-state index in [4.69, 9.17) is 16.3 Å². The second-order valence-electron chi connectivity index (χ2n) is 2.80. The topological polar surface area (TPSA) is 26.3 Å². The smallest absolute Gasteiger partial charge is 0.159 e. The highest BCUT2D eigenvalue weighted by Crippen LogP contribution is 2.23. The molecule has 0 saturated carbocycles. The summed E-state index contributed by atoms with van der Waals surface area (Å²) in [6, 6.07) is 5.19. The van der Waals surface area contributed by atoms with E-state index in [1.807, 2.05) is 0 Å². The van der Waals surface area contributed by atoms with Gasteiger partial charge in [-0.1, -0.05) is 18.2 Å². The number of halogens is 1. The molecule has 2 nitrogen and oxygen atoms in total. The maximum Gasteiger partial charge on any atom is 0.159 e. The van der Waals surface area contributed by atoms with Crippen LogP contribution in [0.15, 0.2) is 30.9 Å². The van der Waals surface area contributed by atoms with Gasteiger partial charge in [0.1, 0.15) is 5.75 Å². The van der Waals surface area contributed by atoms with E-state index >= 15 is 0 Å². The zero-order chi connectivity index (χ0) is 10.6. The van der Waals surface area contributed by atoms with E-state index < -0.39 is 0 Å². The second kappa shape index (κ2) is 4.82. The van der Waals surface area contributed by atoms with Crippen molar-refractivity contribution in [1.82, 2.24) is 0 Å². The highest BCUT2D eigenvalue weighted by molar-refractivity contribution is 6.30. The van der Waals surface area contributed by atoms with Gasteiger partial charge < -0.3 is 4.74 Å². The van der Waals surface area contributed by atoms with Crippen LogP contribution in [0.2, 0.25) is 5.02 Å². The summed E-state index contributed by atoms with van der Waals surface area (Å²) < 4.78 is 5.10. The molecule has 1 aromatic rings. The van der Waals surface area contributed by atoms with Crippen molar-refractivity contribution in [3.05, 3.63) is 41.4 Å². The minimum atomic E-state index is -0.0504. The van der Waals surface area contributed by atoms with E-state index in [-0.39, 0.29) is 12.2 Å². The SMILES string of the molecule is C=CC(=O)Cc1cc(Cl)ccc1OC. The second-order valence-corrected chi connectivity index (χ2v) is 3.24. The number of allylic oxidation sites excluding steroid dienone is 1. The molecule has 1 rings (SSSR count). The number of hydrogen-bond acceptors (Lipinski definition) is 2. The maximum absolute atomic E-state index is 11.1. The molecule has 0 spiro atoms. The largest absolute Gasteiger partial charge is 0.496 e. The Hall–Kier alpha value is -1.28. The Bertz CT molecular complexity index is 358. The van der Waals surface area contributed by atoms with Gasteiger partial charge in [0, 0.05) is 17.0 Å². The zero-order valence-electron chi connectivity index (χ0n) is 7.92. The molecule has 74 valence electrons. The van der Waals surface area contributed by atoms with Gasteiger partial charge in [0.05, 0.1) is 7.11 Å². The first-order chi connectivity index (χ1) is 6.67. The lowest BCUT2D eigenvalue weighted by molar-refractivity contribution is -0.114. The third-order valence-corrected chi connectivity index (χ3v) is 2.07. The lowest BCUT2D eigenvalue weighted by Crippen LogP contribution is -2.00. The van der Waals surface area contributed by atoms with Crippen molar-refractivity contribution in [3.8, 4) is 5.75 Å². The Kier molecular flexibility index (Phi) is 3.72. The molecule has 0 unspecified atom stereocenters. The van der Waals surface area contributed by atoms with Crippen LogP contribution < -0.4 is 4.74 Å². The third kappa shape index (κ3) is 2.60. The molecule has 0 radical (unpaired) electrons. The quantitative estimate of drug-likeness (QED) is 0.715. The summed E-state index contributed by atoms with van der Waals surface area (Å²) in [5.41, 5.74) is 0.782. The van der Waals surface area contributed by atoms with Crippen LogP contribution in [-0.2, 0) is 11.2 Å². The molecule has 0 aliphatic heterocycles. The summed E-state index contributed by atoms with van der Waals surface area (Å²) >= 11 is 5.81. The molecule has 0 atom stereocenters. The molecular weight excluding hydrogens is 200 g/mol. The van der Waals surface area contributed by atoms with Gasteiger partial charge in [-0.3, -0.25) is 4.79 Å². The van der Waals surface area contributed by atoms with E-state index in [1.54, 1.807) is 25.3 Å². The van der Waals surface area contributed by atoms with E-state index in [9.17, 15) is 4.79 Å². The van der Waals surface area contributed by atoms with Crippen molar-refractivity contribution in [1.29, 1.82) is 0 Å². The van der Waals surface area contributed by atoms with Crippen LogP contribution in [0.3, 0.4) is 0 Å². The normalized spacial score (nSPS) is 9.57. The molecule has 1 aromatic carbocycles. The van der Waals surface area contributed by atoms with E-state index in [2.05, 4.69) is 6.58 Å². The van der Waals surface area contributed by atoms with Crippen LogP contribution >= 0.6 is 11.6 Å². The number of rotatable bonds is 4. The molecule has 0 fully saturated rings. The number of methoxy groups -OCH3 is 1. The van der Waals surface area contributed by atoms with Gasteiger partial charge >= 0.3 is 0 Å². The number of benzene rings is 1. The summed E-state index contributed by atoms with van der Waals surface area (Å²) in [7, 11) is 1.56. The Labute approximate surface area is 88.1 Å². The Morgan fingerprint density at radius 2 is 2.36 bits per heavy atom. The number of carbonyl (C=O) groups is 1. The first-order valence-electron chi connectivity index (χ1n) is 4.15. The Morgan fingerprint density at radius 3 is 2.93 bits per heavy atom. The van der Waals surface area contributed by atoms with Crippen LogP contribution in [0.5, 0.6) is 5.75 Å². The average Bonchev–Trinajstić information content (AvgIpc) is 2.18. The molecular formula is C11H11ClO2. The highest BCUT2D eigenvalue weighted by atomic mass is 35.5. The van der Waals surface area contributed by atoms with Crippen LogP contribution in [-0.4, -0.2) is 12.9 Å². The van der Waals surface area contributed by atoms with Crippen molar-refractivity contribution < 1.29 is 9.53 Å². The molecule has 3 heteroatoms. The zero-order valence-corrected chi connectivity index (χ0v) is 8.67. The predicted molar refractivity (Wildman–Crippen MR) is 56.9 cm³/mol. The van der Waals surface area contributed by atoms with Gasteiger partial charge in [-0.25, -0.2) is 0 Å². The van der Waals surface area contributed by atoms with Gasteiger partial charge in [-0.05, 0) is 24.3 Å². The standard InChI is InChI=1S/C11H11ClO2/c1-3-10(13)7-8-6-9(12)4-5-11(8)14-2/h3-6H,1,7H2,2H3. The average molecular weight is 211 g/mol. The first kappa shape index (κ1) is 10.8. The predicted octanol–water partition coefficient (Wildman–Crippen LogP) is 2.65. The molecule has 0 heterocycles. The van der Waals surface area contributed by atoms with Crippen LogP contribution in [0.4, 0.5) is 0 Å². The van der Waals surface area contributed by atoms with Gasteiger partial charge in [0.15, 0.2) is 5.78 Å². The molecule has 0 aliphatic rings. The summed E-state index contributed by atoms with van der Waals surface area (Å²) in [4.78, 5) is 11.1. The third-order valence-electron chi connectivity index (χ3n) is 1.83. The van der Waals surface area contributed by atoms with Crippen molar-refractivity contribution in [2.45, 2.75) is 6.42 Å². The fourth-order valence-electron chi connectivity index (χ4n) is 1.15. The fourth-order valence-corrected chi connectivity index (χ4v) is 1.34. The van der Waals surface area contributed by atoms with Crippen LogP contribution in [0, 0.1) is 0 Å². The monoisotopic (exact) mass is 210 g/mol. The van der Waals surface area contributed by atoms with E-state index in [1.165, 1.54) is 6.08 Å². The maximum atomic E-state index is 11.1. The van der Waals surface area contributed by atoms with Crippen molar-refractivity contribution in [3.63, 3.8) is 0 Å². The molecule has 0 aromatic heterocycles. The molecule has 0 amide bonds. The number of ether oxygens (including phenoxy) is 1. The highest BCUT2D eigenvalue weighted by Gasteiger charge is 2.06. The Morgan fingerprint density at radius 1 is 1.64 bits per heavy atom. The molecule has 14 heavy (non-hydrogen) atoms. The van der Waals surface area contributed by atoms with Crippen molar-refractivity contribution >= 4 is 17.4 Å². The van der Waals surface area contributed by atoms with Gasteiger partial charge in [-0.15, -0.1) is 0 Å². The molecule has 0 aliphatic carbocycles. The fraction of sp³-hybridized carbons (Fsp3) is 0.182. The Balaban J connectivity index is 2.98. The summed E-state index contributed by atoms with van der Waals surface area (Å²) in [5.74, 6) is 0.621. The summed E-state index contributed by atoms with van der Waals surface area (Å²) in [5, 5.41) is 0.595. The summed E-state index contributed by atoms with van der Waals surface area (Å²) in [6.45, 7) is 3.41. The molecule has 0 N–H and O–H groups in total. The lowest BCUT2D eigenvalue weighted by Gasteiger charge is -2.06. The lowest BCUT2D eigenvalue weighted by atomic mass is 10.1. The van der Waals surface area contributed by atoms with E-state index in [0.717, 1.165) is 5.56 Å². The molecule has 0 saturated heterocycles. The van der Waals surface area contributed by atoms with Gasteiger partial charge in [0.2, 0.25) is 0 Å². The first-order valence-corrected chi connectivity index (χ1v) is 4.53. The van der Waals surface area contributed by atoms with Crippen molar-refractivity contribution in [2.24, 2.45) is 0 Å². The number of ketones is 1. The van der Waals surface area contributed by atoms with Gasteiger partial charge in [0.25, 0.3) is 0 Å². The van der Waals surface area contributed by atoms with E-state index in [0.29, 0.717) is 10.8 Å².